The maximum absolute atomic E-state index is 2.28. The second-order valence-electron chi connectivity index (χ2n) is 4.77. The minimum absolute atomic E-state index is 1.27. The summed E-state index contributed by atoms with van der Waals surface area (Å²) in [7, 11) is 0. The molecule has 2 aromatic carbocycles. The summed E-state index contributed by atoms with van der Waals surface area (Å²) in [5.41, 5.74) is 6.47. The van der Waals surface area contributed by atoms with Crippen LogP contribution in [0, 0.1) is 6.92 Å². The predicted octanol–water partition coefficient (Wildman–Crippen LogP) is 5.64. The molecular formula is C19H20. The third-order valence-electron chi connectivity index (χ3n) is 3.31. The number of rotatable bonds is 3. The molecule has 0 atom stereocenters. The second-order valence-corrected chi connectivity index (χ2v) is 4.77. The topological polar surface area (TPSA) is 0 Å². The Labute approximate surface area is 116 Å². The van der Waals surface area contributed by atoms with E-state index in [1.165, 1.54) is 27.8 Å². The second kappa shape index (κ2) is 6.19. The third-order valence-corrected chi connectivity index (χ3v) is 3.31. The van der Waals surface area contributed by atoms with Gasteiger partial charge in [-0.15, -0.1) is 0 Å². The zero-order valence-corrected chi connectivity index (χ0v) is 11.9. The smallest absolute Gasteiger partial charge is 0.0178 e. The highest BCUT2D eigenvalue weighted by molar-refractivity contribution is 5.74. The van der Waals surface area contributed by atoms with Gasteiger partial charge in [0.2, 0.25) is 0 Å². The first-order valence-corrected chi connectivity index (χ1v) is 6.68. The first-order chi connectivity index (χ1) is 9.22. The Morgan fingerprint density at radius 3 is 2.37 bits per heavy atom. The molecular weight excluding hydrogens is 228 g/mol. The summed E-state index contributed by atoms with van der Waals surface area (Å²) in [5.74, 6) is 0. The lowest BCUT2D eigenvalue weighted by molar-refractivity contribution is 1.40. The molecule has 0 aromatic heterocycles. The summed E-state index contributed by atoms with van der Waals surface area (Å²) in [6, 6.07) is 17.2. The Balaban J connectivity index is 2.46. The Morgan fingerprint density at radius 1 is 0.947 bits per heavy atom. The zero-order valence-electron chi connectivity index (χ0n) is 11.9. The van der Waals surface area contributed by atoms with Gasteiger partial charge in [-0.25, -0.2) is 0 Å². The van der Waals surface area contributed by atoms with Gasteiger partial charge in [0.05, 0.1) is 0 Å². The van der Waals surface area contributed by atoms with Gasteiger partial charge in [0.1, 0.15) is 0 Å². The minimum atomic E-state index is 1.27. The lowest BCUT2D eigenvalue weighted by Gasteiger charge is -2.09. The predicted molar refractivity (Wildman–Crippen MR) is 85.1 cm³/mol. The summed E-state index contributed by atoms with van der Waals surface area (Å²) < 4.78 is 0. The van der Waals surface area contributed by atoms with Crippen molar-refractivity contribution in [3.63, 3.8) is 0 Å². The Hall–Kier alpha value is -2.08. The first-order valence-electron chi connectivity index (χ1n) is 6.68. The van der Waals surface area contributed by atoms with Crippen LogP contribution in [0.5, 0.6) is 0 Å². The van der Waals surface area contributed by atoms with Crippen LogP contribution < -0.4 is 0 Å². The van der Waals surface area contributed by atoms with Crippen LogP contribution in [0.1, 0.15) is 25.0 Å². The Morgan fingerprint density at radius 2 is 1.68 bits per heavy atom. The molecule has 2 rings (SSSR count). The molecule has 0 amide bonds. The van der Waals surface area contributed by atoms with Gasteiger partial charge >= 0.3 is 0 Å². The quantitative estimate of drug-likeness (QED) is 0.616. The van der Waals surface area contributed by atoms with Crippen molar-refractivity contribution in [1.29, 1.82) is 0 Å². The maximum atomic E-state index is 2.28. The van der Waals surface area contributed by atoms with Crippen LogP contribution in [0.4, 0.5) is 0 Å². The largest absolute Gasteiger partial charge is 0.0877 e. The molecule has 0 heterocycles. The number of hydrogen-bond donors (Lipinski definition) is 0. The van der Waals surface area contributed by atoms with E-state index in [4.69, 9.17) is 0 Å². The molecule has 0 nitrogen and oxygen atoms in total. The monoisotopic (exact) mass is 248 g/mol. The molecule has 0 unspecified atom stereocenters. The van der Waals surface area contributed by atoms with Crippen LogP contribution >= 0.6 is 0 Å². The van der Waals surface area contributed by atoms with E-state index in [0.29, 0.717) is 0 Å². The van der Waals surface area contributed by atoms with Gasteiger partial charge in [-0.2, -0.15) is 0 Å². The van der Waals surface area contributed by atoms with Crippen molar-refractivity contribution >= 4 is 5.57 Å². The van der Waals surface area contributed by atoms with E-state index in [-0.39, 0.29) is 0 Å². The van der Waals surface area contributed by atoms with E-state index in [9.17, 15) is 0 Å². The Kier molecular flexibility index (Phi) is 4.35. The molecule has 19 heavy (non-hydrogen) atoms. The molecule has 0 aliphatic rings. The fraction of sp³-hybridized carbons (Fsp3) is 0.158. The van der Waals surface area contributed by atoms with E-state index in [2.05, 4.69) is 80.6 Å². The molecule has 0 bridgehead atoms. The average molecular weight is 248 g/mol. The van der Waals surface area contributed by atoms with Crippen LogP contribution in [-0.4, -0.2) is 0 Å². The van der Waals surface area contributed by atoms with Gasteiger partial charge in [0, 0.05) is 0 Å². The lowest BCUT2D eigenvalue weighted by Crippen LogP contribution is -1.87. The molecule has 0 radical (unpaired) electrons. The number of benzene rings is 2. The van der Waals surface area contributed by atoms with Crippen molar-refractivity contribution < 1.29 is 0 Å². The van der Waals surface area contributed by atoms with Crippen LogP contribution in [0.25, 0.3) is 16.7 Å². The fourth-order valence-corrected chi connectivity index (χ4v) is 2.19. The number of aryl methyl sites for hydroxylation is 1. The number of hydrogen-bond acceptors (Lipinski definition) is 0. The Bertz CT molecular complexity index is 601. The molecule has 0 heteroatoms. The highest BCUT2D eigenvalue weighted by Gasteiger charge is 2.03. The van der Waals surface area contributed by atoms with E-state index in [1.54, 1.807) is 0 Å². The molecule has 0 aliphatic carbocycles. The zero-order chi connectivity index (χ0) is 13.7. The summed E-state index contributed by atoms with van der Waals surface area (Å²) in [6.45, 7) is 6.37. The van der Waals surface area contributed by atoms with Gasteiger partial charge in [0.15, 0.2) is 0 Å². The summed E-state index contributed by atoms with van der Waals surface area (Å²) >= 11 is 0. The molecule has 96 valence electrons. The van der Waals surface area contributed by atoms with Gasteiger partial charge in [-0.05, 0) is 54.7 Å². The van der Waals surface area contributed by atoms with E-state index >= 15 is 0 Å². The van der Waals surface area contributed by atoms with E-state index in [0.717, 1.165) is 0 Å². The molecule has 0 saturated carbocycles. The normalized spacial score (nSPS) is 12.1. The molecule has 0 spiro atoms. The van der Waals surface area contributed by atoms with Crippen molar-refractivity contribution in [1.82, 2.24) is 0 Å². The number of allylic oxidation sites excluding steroid dienone is 4. The molecule has 0 N–H and O–H groups in total. The molecule has 2 aromatic rings. The van der Waals surface area contributed by atoms with Gasteiger partial charge in [0.25, 0.3) is 0 Å². The fourth-order valence-electron chi connectivity index (χ4n) is 2.19. The standard InChI is InChI=1S/C19H20/c1-4-5-9-15(2)19-14-18(13-12-16(19)3)17-10-7-6-8-11-17/h4-14H,1-3H3/b5-4-,15-9+. The van der Waals surface area contributed by atoms with Gasteiger partial charge in [-0.1, -0.05) is 60.7 Å². The van der Waals surface area contributed by atoms with E-state index in [1.807, 2.05) is 6.92 Å². The third kappa shape index (κ3) is 3.23. The molecule has 0 saturated heterocycles. The minimum Gasteiger partial charge on any atom is -0.0877 e. The first kappa shape index (κ1) is 13.4. The van der Waals surface area contributed by atoms with Crippen LogP contribution in [0.2, 0.25) is 0 Å². The van der Waals surface area contributed by atoms with Crippen molar-refractivity contribution in [3.05, 3.63) is 77.9 Å². The maximum Gasteiger partial charge on any atom is -0.0178 e. The van der Waals surface area contributed by atoms with Crippen LogP contribution in [0.15, 0.2) is 66.8 Å². The SMILES string of the molecule is C/C=C\C=C(/C)c1cc(-c2ccccc2)ccc1C. The highest BCUT2D eigenvalue weighted by Crippen LogP contribution is 2.26. The van der Waals surface area contributed by atoms with Crippen LogP contribution in [0.3, 0.4) is 0 Å². The van der Waals surface area contributed by atoms with Crippen molar-refractivity contribution in [2.24, 2.45) is 0 Å². The van der Waals surface area contributed by atoms with E-state index < -0.39 is 0 Å². The van der Waals surface area contributed by atoms with Crippen molar-refractivity contribution in [3.8, 4) is 11.1 Å². The average Bonchev–Trinajstić information content (AvgIpc) is 2.46. The van der Waals surface area contributed by atoms with Gasteiger partial charge in [-0.3, -0.25) is 0 Å². The molecule has 0 fully saturated rings. The van der Waals surface area contributed by atoms with Crippen molar-refractivity contribution in [2.45, 2.75) is 20.8 Å². The van der Waals surface area contributed by atoms with Gasteiger partial charge < -0.3 is 0 Å². The highest BCUT2D eigenvalue weighted by atomic mass is 14.1. The summed E-state index contributed by atoms with van der Waals surface area (Å²) in [6.07, 6.45) is 6.31. The lowest BCUT2D eigenvalue weighted by atomic mass is 9.95. The van der Waals surface area contributed by atoms with Crippen LogP contribution in [-0.2, 0) is 0 Å². The summed E-state index contributed by atoms with van der Waals surface area (Å²) in [4.78, 5) is 0. The molecule has 0 aliphatic heterocycles. The van der Waals surface area contributed by atoms with Crippen molar-refractivity contribution in [2.75, 3.05) is 0 Å². The summed E-state index contributed by atoms with van der Waals surface area (Å²) in [5, 5.41) is 0.